The van der Waals surface area contributed by atoms with Gasteiger partial charge in [-0.1, -0.05) is 0 Å². The minimum absolute atomic E-state index is 0.00305. The molecule has 0 saturated carbocycles. The Morgan fingerprint density at radius 2 is 1.84 bits per heavy atom. The topological polar surface area (TPSA) is 49.8 Å². The molecule has 1 aromatic rings. The van der Waals surface area contributed by atoms with Gasteiger partial charge in [-0.3, -0.25) is 4.79 Å². The average Bonchev–Trinajstić information content (AvgIpc) is 2.31. The lowest BCUT2D eigenvalue weighted by Gasteiger charge is -2.24. The Hall–Kier alpha value is -1.55. The summed E-state index contributed by atoms with van der Waals surface area (Å²) in [6.07, 6.45) is 0.888. The minimum atomic E-state index is -0.762. The van der Waals surface area contributed by atoms with Crippen LogP contribution in [0.5, 0.6) is 5.75 Å². The number of likely N-dealkylation sites (N-methyl/N-ethyl adjacent to an activating group) is 1. The van der Waals surface area contributed by atoms with Crippen molar-refractivity contribution in [2.45, 2.75) is 32.7 Å². The highest BCUT2D eigenvalue weighted by atomic mass is 16.5. The molecule has 19 heavy (non-hydrogen) atoms. The molecular formula is C15H23NO3. The summed E-state index contributed by atoms with van der Waals surface area (Å²) in [5, 5.41) is 8.98. The number of aliphatic carboxylic acids is 1. The SMILES string of the molecule is COc1cc(C)c(CC(CC(=O)O)N(C)C)c(C)c1. The molecular weight excluding hydrogens is 242 g/mol. The van der Waals surface area contributed by atoms with Crippen molar-refractivity contribution >= 4 is 5.97 Å². The Balaban J connectivity index is 2.99. The van der Waals surface area contributed by atoms with E-state index in [0.717, 1.165) is 23.3 Å². The van der Waals surface area contributed by atoms with Crippen LogP contribution in [0.3, 0.4) is 0 Å². The van der Waals surface area contributed by atoms with Gasteiger partial charge < -0.3 is 14.7 Å². The van der Waals surface area contributed by atoms with Crippen molar-refractivity contribution in [3.05, 3.63) is 28.8 Å². The molecule has 0 radical (unpaired) electrons. The third kappa shape index (κ3) is 4.24. The van der Waals surface area contributed by atoms with Crippen LogP contribution in [-0.2, 0) is 11.2 Å². The van der Waals surface area contributed by atoms with E-state index >= 15 is 0 Å². The van der Waals surface area contributed by atoms with E-state index < -0.39 is 5.97 Å². The van der Waals surface area contributed by atoms with E-state index in [-0.39, 0.29) is 12.5 Å². The van der Waals surface area contributed by atoms with Gasteiger partial charge in [0.05, 0.1) is 13.5 Å². The van der Waals surface area contributed by atoms with Crippen molar-refractivity contribution in [1.29, 1.82) is 0 Å². The van der Waals surface area contributed by atoms with E-state index in [9.17, 15) is 4.79 Å². The summed E-state index contributed by atoms with van der Waals surface area (Å²) >= 11 is 0. The molecule has 4 nitrogen and oxygen atoms in total. The number of carboxylic acid groups (broad SMARTS) is 1. The van der Waals surface area contributed by atoms with Crippen LogP contribution in [0.15, 0.2) is 12.1 Å². The molecule has 0 amide bonds. The normalized spacial score (nSPS) is 12.5. The number of carbonyl (C=O) groups is 1. The van der Waals surface area contributed by atoms with Gasteiger partial charge in [0, 0.05) is 6.04 Å². The van der Waals surface area contributed by atoms with Crippen LogP contribution in [0.1, 0.15) is 23.1 Å². The van der Waals surface area contributed by atoms with E-state index in [1.807, 2.05) is 45.0 Å². The summed E-state index contributed by atoms with van der Waals surface area (Å²) in [6.45, 7) is 4.08. The predicted octanol–water partition coefficient (Wildman–Crippen LogP) is 2.26. The fraction of sp³-hybridized carbons (Fsp3) is 0.533. The smallest absolute Gasteiger partial charge is 0.304 e. The zero-order valence-electron chi connectivity index (χ0n) is 12.4. The number of benzene rings is 1. The second-order valence-corrected chi connectivity index (χ2v) is 5.16. The lowest BCUT2D eigenvalue weighted by Crippen LogP contribution is -2.32. The van der Waals surface area contributed by atoms with Crippen molar-refractivity contribution in [2.75, 3.05) is 21.2 Å². The molecule has 0 fully saturated rings. The first kappa shape index (κ1) is 15.5. The maximum atomic E-state index is 10.9. The van der Waals surface area contributed by atoms with Gasteiger partial charge in [0.25, 0.3) is 0 Å². The van der Waals surface area contributed by atoms with Gasteiger partial charge >= 0.3 is 5.97 Å². The van der Waals surface area contributed by atoms with Crippen LogP contribution in [0.2, 0.25) is 0 Å². The molecule has 0 aliphatic heterocycles. The van der Waals surface area contributed by atoms with Crippen LogP contribution >= 0.6 is 0 Å². The monoisotopic (exact) mass is 265 g/mol. The predicted molar refractivity (Wildman–Crippen MR) is 75.9 cm³/mol. The number of methoxy groups -OCH3 is 1. The van der Waals surface area contributed by atoms with Crippen LogP contribution in [0.4, 0.5) is 0 Å². The molecule has 0 aliphatic rings. The lowest BCUT2D eigenvalue weighted by atomic mass is 9.94. The number of carboxylic acids is 1. The highest BCUT2D eigenvalue weighted by Gasteiger charge is 2.18. The Bertz CT molecular complexity index is 432. The standard InChI is InChI=1S/C15H23NO3/c1-10-6-13(19-5)7-11(2)14(10)8-12(16(3)4)9-15(17)18/h6-7,12H,8-9H2,1-5H3,(H,17,18). The number of rotatable bonds is 6. The van der Waals surface area contributed by atoms with Gasteiger partial charge in [0.2, 0.25) is 0 Å². The second-order valence-electron chi connectivity index (χ2n) is 5.16. The molecule has 0 heterocycles. The molecule has 1 N–H and O–H groups in total. The summed E-state index contributed by atoms with van der Waals surface area (Å²) < 4.78 is 5.24. The fourth-order valence-corrected chi connectivity index (χ4v) is 2.27. The molecule has 0 spiro atoms. The van der Waals surface area contributed by atoms with Crippen LogP contribution in [0.25, 0.3) is 0 Å². The molecule has 1 rings (SSSR count). The highest BCUT2D eigenvalue weighted by Crippen LogP contribution is 2.24. The van der Waals surface area contributed by atoms with E-state index in [2.05, 4.69) is 0 Å². The maximum absolute atomic E-state index is 10.9. The highest BCUT2D eigenvalue weighted by molar-refractivity contribution is 5.67. The summed E-state index contributed by atoms with van der Waals surface area (Å²) in [4.78, 5) is 12.9. The largest absolute Gasteiger partial charge is 0.497 e. The van der Waals surface area contributed by atoms with E-state index in [4.69, 9.17) is 9.84 Å². The second kappa shape index (κ2) is 6.57. The first-order valence-corrected chi connectivity index (χ1v) is 6.37. The van der Waals surface area contributed by atoms with E-state index in [1.54, 1.807) is 7.11 Å². The molecule has 0 aromatic heterocycles. The van der Waals surface area contributed by atoms with Gasteiger partial charge in [-0.2, -0.15) is 0 Å². The number of ether oxygens (including phenoxy) is 1. The zero-order valence-corrected chi connectivity index (χ0v) is 12.4. The molecule has 1 unspecified atom stereocenters. The zero-order chi connectivity index (χ0) is 14.6. The molecule has 0 bridgehead atoms. The Kier molecular flexibility index (Phi) is 5.36. The average molecular weight is 265 g/mol. The van der Waals surface area contributed by atoms with E-state index in [1.165, 1.54) is 5.56 Å². The van der Waals surface area contributed by atoms with Crippen LogP contribution in [0, 0.1) is 13.8 Å². The molecule has 0 aliphatic carbocycles. The molecule has 4 heteroatoms. The fourth-order valence-electron chi connectivity index (χ4n) is 2.27. The number of hydrogen-bond donors (Lipinski definition) is 1. The summed E-state index contributed by atoms with van der Waals surface area (Å²) in [7, 11) is 5.49. The Morgan fingerprint density at radius 3 is 2.21 bits per heavy atom. The van der Waals surface area contributed by atoms with Gasteiger partial charge in [0.1, 0.15) is 5.75 Å². The molecule has 0 saturated heterocycles. The molecule has 106 valence electrons. The van der Waals surface area contributed by atoms with Gasteiger partial charge in [-0.15, -0.1) is 0 Å². The third-order valence-electron chi connectivity index (χ3n) is 3.49. The maximum Gasteiger partial charge on any atom is 0.304 e. The van der Waals surface area contributed by atoms with Crippen LogP contribution in [-0.4, -0.2) is 43.2 Å². The number of hydrogen-bond acceptors (Lipinski definition) is 3. The van der Waals surface area contributed by atoms with Crippen molar-refractivity contribution in [3.63, 3.8) is 0 Å². The molecule has 1 atom stereocenters. The summed E-state index contributed by atoms with van der Waals surface area (Å²) in [5.41, 5.74) is 3.50. The van der Waals surface area contributed by atoms with Gasteiger partial charge in [-0.25, -0.2) is 0 Å². The van der Waals surface area contributed by atoms with Gasteiger partial charge in [0.15, 0.2) is 0 Å². The number of nitrogens with zero attached hydrogens (tertiary/aromatic N) is 1. The first-order valence-electron chi connectivity index (χ1n) is 6.37. The van der Waals surface area contributed by atoms with Crippen molar-refractivity contribution in [1.82, 2.24) is 4.90 Å². The van der Waals surface area contributed by atoms with Crippen LogP contribution < -0.4 is 4.74 Å². The van der Waals surface area contributed by atoms with Gasteiger partial charge in [-0.05, 0) is 63.2 Å². The minimum Gasteiger partial charge on any atom is -0.497 e. The summed E-state index contributed by atoms with van der Waals surface area (Å²) in [6, 6.07) is 3.99. The quantitative estimate of drug-likeness (QED) is 0.857. The van der Waals surface area contributed by atoms with E-state index in [0.29, 0.717) is 0 Å². The molecule has 1 aromatic carbocycles. The Morgan fingerprint density at radius 1 is 1.32 bits per heavy atom. The number of aryl methyl sites for hydroxylation is 2. The van der Waals surface area contributed by atoms with Crippen molar-refractivity contribution in [2.24, 2.45) is 0 Å². The summed E-state index contributed by atoms with van der Waals surface area (Å²) in [5.74, 6) is 0.0842. The first-order chi connectivity index (χ1) is 8.85. The van der Waals surface area contributed by atoms with Crippen molar-refractivity contribution < 1.29 is 14.6 Å². The third-order valence-corrected chi connectivity index (χ3v) is 3.49. The van der Waals surface area contributed by atoms with Crippen molar-refractivity contribution in [3.8, 4) is 5.75 Å². The Labute approximate surface area is 115 Å². The lowest BCUT2D eigenvalue weighted by molar-refractivity contribution is -0.138.